The van der Waals surface area contributed by atoms with Gasteiger partial charge in [-0.05, 0) is 31.0 Å². The van der Waals surface area contributed by atoms with E-state index in [2.05, 4.69) is 0 Å². The monoisotopic (exact) mass is 486 g/mol. The van der Waals surface area contributed by atoms with Crippen molar-refractivity contribution in [2.45, 2.75) is 43.2 Å². The highest BCUT2D eigenvalue weighted by Gasteiger charge is 2.61. The molecular weight excluding hydrogens is 460 g/mol. The molecule has 0 aliphatic carbocycles. The number of urea groups is 1. The maximum atomic E-state index is 13.5. The number of hydrogen-bond acceptors (Lipinski definition) is 6. The molecule has 34 heavy (non-hydrogen) atoms. The molecule has 4 rings (SSSR count). The molecule has 10 nitrogen and oxygen atoms in total. The van der Waals surface area contributed by atoms with Gasteiger partial charge in [-0.15, -0.1) is 0 Å². The molecule has 0 aromatic heterocycles. The summed E-state index contributed by atoms with van der Waals surface area (Å²) in [6.45, 7) is 3.59. The SMILES string of the molecule is CCCCN1C(=O)N2[C@@H](c3ccccc3)CN(S(=O)(=O)c3ccc([N+](=O)[O-])cc3)C[C@]2(C)C1=O. The molecule has 0 N–H and O–H groups in total. The van der Waals surface area contributed by atoms with E-state index >= 15 is 0 Å². The third-order valence-corrected chi connectivity index (χ3v) is 8.28. The quantitative estimate of drug-likeness (QED) is 0.337. The largest absolute Gasteiger partial charge is 0.328 e. The van der Waals surface area contributed by atoms with E-state index in [0.29, 0.717) is 6.42 Å². The Balaban J connectivity index is 1.77. The van der Waals surface area contributed by atoms with Crippen LogP contribution < -0.4 is 0 Å². The fourth-order valence-corrected chi connectivity index (χ4v) is 6.18. The zero-order chi connectivity index (χ0) is 24.7. The van der Waals surface area contributed by atoms with Crippen LogP contribution in [0.2, 0.25) is 0 Å². The number of nitrogens with zero attached hydrogens (tertiary/aromatic N) is 4. The minimum absolute atomic E-state index is 0.0421. The third-order valence-electron chi connectivity index (χ3n) is 6.45. The van der Waals surface area contributed by atoms with Gasteiger partial charge < -0.3 is 4.90 Å². The van der Waals surface area contributed by atoms with Crippen molar-refractivity contribution in [3.63, 3.8) is 0 Å². The number of hydrogen-bond donors (Lipinski definition) is 0. The normalized spacial score (nSPS) is 23.3. The van der Waals surface area contributed by atoms with Gasteiger partial charge >= 0.3 is 6.03 Å². The Morgan fingerprint density at radius 3 is 2.32 bits per heavy atom. The maximum absolute atomic E-state index is 13.5. The molecule has 2 aliphatic rings. The van der Waals surface area contributed by atoms with Crippen molar-refractivity contribution < 1.29 is 22.9 Å². The molecule has 2 aliphatic heterocycles. The van der Waals surface area contributed by atoms with Crippen LogP contribution in [0.4, 0.5) is 10.5 Å². The number of benzene rings is 2. The van der Waals surface area contributed by atoms with E-state index in [1.165, 1.54) is 26.2 Å². The van der Waals surface area contributed by atoms with Crippen LogP contribution in [0.1, 0.15) is 38.3 Å². The van der Waals surface area contributed by atoms with Crippen LogP contribution in [0.15, 0.2) is 59.5 Å². The first-order chi connectivity index (χ1) is 16.1. The highest BCUT2D eigenvalue weighted by molar-refractivity contribution is 7.89. The molecule has 0 unspecified atom stereocenters. The summed E-state index contributed by atoms with van der Waals surface area (Å²) in [7, 11) is -4.10. The van der Waals surface area contributed by atoms with Gasteiger partial charge in [0.15, 0.2) is 0 Å². The van der Waals surface area contributed by atoms with Gasteiger partial charge in [-0.1, -0.05) is 43.7 Å². The molecule has 11 heteroatoms. The number of carbonyl (C=O) groups excluding carboxylic acids is 2. The molecule has 0 saturated carbocycles. The molecule has 2 aromatic rings. The van der Waals surface area contributed by atoms with Crippen molar-refractivity contribution in [1.29, 1.82) is 0 Å². The summed E-state index contributed by atoms with van der Waals surface area (Å²) in [4.78, 5) is 39.8. The van der Waals surface area contributed by atoms with Gasteiger partial charge in [0, 0.05) is 31.8 Å². The number of unbranched alkanes of at least 4 members (excludes halogenated alkanes) is 1. The smallest absolute Gasteiger partial charge is 0.300 e. The van der Waals surface area contributed by atoms with Crippen LogP contribution in [0.3, 0.4) is 0 Å². The number of non-ortho nitro benzene ring substituents is 1. The lowest BCUT2D eigenvalue weighted by Crippen LogP contribution is -2.63. The summed E-state index contributed by atoms with van der Waals surface area (Å²) in [5.74, 6) is -0.421. The molecule has 0 spiro atoms. The third kappa shape index (κ3) is 3.84. The minimum atomic E-state index is -4.10. The van der Waals surface area contributed by atoms with Gasteiger partial charge in [0.25, 0.3) is 11.6 Å². The van der Waals surface area contributed by atoms with Crippen LogP contribution in [0.5, 0.6) is 0 Å². The summed E-state index contributed by atoms with van der Waals surface area (Å²) < 4.78 is 28.3. The number of imide groups is 1. The zero-order valence-electron chi connectivity index (χ0n) is 19.0. The zero-order valence-corrected chi connectivity index (χ0v) is 19.8. The summed E-state index contributed by atoms with van der Waals surface area (Å²) in [6.07, 6.45) is 1.46. The van der Waals surface area contributed by atoms with E-state index in [9.17, 15) is 28.1 Å². The van der Waals surface area contributed by atoms with E-state index in [4.69, 9.17) is 0 Å². The van der Waals surface area contributed by atoms with Gasteiger partial charge in [0.2, 0.25) is 10.0 Å². The Bertz CT molecular complexity index is 1220. The van der Waals surface area contributed by atoms with Gasteiger partial charge in [-0.3, -0.25) is 19.8 Å². The first kappa shape index (κ1) is 23.8. The Labute approximate surface area is 198 Å². The fourth-order valence-electron chi connectivity index (χ4n) is 4.64. The van der Waals surface area contributed by atoms with Crippen molar-refractivity contribution >= 4 is 27.6 Å². The van der Waals surface area contributed by atoms with Crippen molar-refractivity contribution in [2.24, 2.45) is 0 Å². The minimum Gasteiger partial charge on any atom is -0.300 e. The van der Waals surface area contributed by atoms with E-state index in [0.717, 1.165) is 24.1 Å². The van der Waals surface area contributed by atoms with Crippen LogP contribution in [0, 0.1) is 10.1 Å². The predicted octanol–water partition coefficient (Wildman–Crippen LogP) is 3.16. The van der Waals surface area contributed by atoms with Crippen molar-refractivity contribution in [2.75, 3.05) is 19.6 Å². The second kappa shape index (κ2) is 8.80. The summed E-state index contributed by atoms with van der Waals surface area (Å²) >= 11 is 0. The first-order valence-corrected chi connectivity index (χ1v) is 12.5. The Kier molecular flexibility index (Phi) is 6.17. The molecule has 3 amide bonds. The van der Waals surface area contributed by atoms with Crippen LogP contribution in [-0.2, 0) is 14.8 Å². The second-order valence-electron chi connectivity index (χ2n) is 8.71. The van der Waals surface area contributed by atoms with Crippen molar-refractivity contribution in [3.8, 4) is 0 Å². The van der Waals surface area contributed by atoms with Crippen molar-refractivity contribution in [3.05, 3.63) is 70.3 Å². The van der Waals surface area contributed by atoms with Gasteiger partial charge in [-0.25, -0.2) is 13.2 Å². The van der Waals surface area contributed by atoms with Crippen molar-refractivity contribution in [1.82, 2.24) is 14.1 Å². The first-order valence-electron chi connectivity index (χ1n) is 11.1. The number of carbonyl (C=O) groups is 2. The lowest BCUT2D eigenvalue weighted by atomic mass is 9.92. The fraction of sp³-hybridized carbons (Fsp3) is 0.391. The van der Waals surface area contributed by atoms with Gasteiger partial charge in [-0.2, -0.15) is 4.31 Å². The second-order valence-corrected chi connectivity index (χ2v) is 10.6. The van der Waals surface area contributed by atoms with Crippen LogP contribution in [-0.4, -0.2) is 64.6 Å². The van der Waals surface area contributed by atoms with Gasteiger partial charge in [0.05, 0.1) is 15.9 Å². The molecule has 0 bridgehead atoms. The number of nitro groups is 1. The van der Waals surface area contributed by atoms with E-state index < -0.39 is 38.5 Å². The summed E-state index contributed by atoms with van der Waals surface area (Å²) in [5, 5.41) is 11.0. The standard InChI is InChI=1S/C23H26N4O6S/c1-3-4-14-25-21(28)23(2)16-24(34(32,33)19-12-10-18(11-13-19)27(30)31)15-20(26(23)22(25)29)17-8-6-5-7-9-17/h5-13,20H,3-4,14-16H2,1-2H3/t20-,23-/m1/s1. The summed E-state index contributed by atoms with van der Waals surface area (Å²) in [6, 6.07) is 12.6. The molecule has 2 saturated heterocycles. The highest BCUT2D eigenvalue weighted by atomic mass is 32.2. The topological polar surface area (TPSA) is 121 Å². The van der Waals surface area contributed by atoms with E-state index in [1.807, 2.05) is 13.0 Å². The van der Waals surface area contributed by atoms with E-state index in [1.54, 1.807) is 31.2 Å². The lowest BCUT2D eigenvalue weighted by Gasteiger charge is -2.46. The number of sulfonamides is 1. The average molecular weight is 487 g/mol. The van der Waals surface area contributed by atoms with Gasteiger partial charge in [0.1, 0.15) is 5.54 Å². The van der Waals surface area contributed by atoms with Crippen LogP contribution >= 0.6 is 0 Å². The van der Waals surface area contributed by atoms with Crippen LogP contribution in [0.25, 0.3) is 0 Å². The molecule has 2 aromatic carbocycles. The highest BCUT2D eigenvalue weighted by Crippen LogP contribution is 2.42. The number of rotatable bonds is 7. The number of nitro benzene ring substituents is 1. The molecule has 2 atom stereocenters. The molecular formula is C23H26N4O6S. The number of fused-ring (bicyclic) bond motifs is 1. The Morgan fingerprint density at radius 2 is 1.74 bits per heavy atom. The predicted molar refractivity (Wildman–Crippen MR) is 123 cm³/mol. The molecule has 180 valence electrons. The lowest BCUT2D eigenvalue weighted by molar-refractivity contribution is -0.384. The maximum Gasteiger partial charge on any atom is 0.328 e. The Morgan fingerprint density at radius 1 is 1.09 bits per heavy atom. The Hall–Kier alpha value is -3.31. The number of piperazine rings is 1. The molecule has 2 heterocycles. The number of amides is 3. The van der Waals surface area contributed by atoms with E-state index in [-0.39, 0.29) is 30.2 Å². The average Bonchev–Trinajstić information content (AvgIpc) is 3.02. The molecule has 2 fully saturated rings. The summed E-state index contributed by atoms with van der Waals surface area (Å²) in [5.41, 5.74) is -0.880. The molecule has 0 radical (unpaired) electrons.